The Morgan fingerprint density at radius 2 is 1.88 bits per heavy atom. The maximum Gasteiger partial charge on any atom is 0.172 e. The predicted molar refractivity (Wildman–Crippen MR) is 96.6 cm³/mol. The summed E-state index contributed by atoms with van der Waals surface area (Å²) in [5.41, 5.74) is -0.382. The van der Waals surface area contributed by atoms with Gasteiger partial charge in [-0.15, -0.1) is 11.8 Å². The Morgan fingerprint density at radius 3 is 2.48 bits per heavy atom. The Hall–Kier alpha value is -0.600. The van der Waals surface area contributed by atoms with Crippen molar-refractivity contribution in [3.8, 4) is 11.8 Å². The molecule has 0 aromatic heterocycles. The fourth-order valence-corrected chi connectivity index (χ4v) is 6.26. The monoisotopic (exact) mass is 350 g/mol. The molecule has 4 heteroatoms. The van der Waals surface area contributed by atoms with E-state index in [1.54, 1.807) is 0 Å². The van der Waals surface area contributed by atoms with Gasteiger partial charge in [0, 0.05) is 30.8 Å². The largest absolute Gasteiger partial charge is 0.396 e. The van der Waals surface area contributed by atoms with Crippen molar-refractivity contribution in [2.45, 2.75) is 71.7 Å². The third kappa shape index (κ3) is 2.67. The van der Waals surface area contributed by atoms with Crippen LogP contribution in [0.5, 0.6) is 0 Å². The summed E-state index contributed by atoms with van der Waals surface area (Å²) >= 11 is 0. The Balaban J connectivity index is 2.09. The van der Waals surface area contributed by atoms with E-state index in [1.807, 2.05) is 6.92 Å². The Labute approximate surface area is 152 Å². The van der Waals surface area contributed by atoms with Crippen LogP contribution in [-0.2, 0) is 9.47 Å². The second-order valence-electron chi connectivity index (χ2n) is 8.71. The van der Waals surface area contributed by atoms with E-state index >= 15 is 0 Å². The van der Waals surface area contributed by atoms with Gasteiger partial charge in [0.25, 0.3) is 0 Å². The highest BCUT2D eigenvalue weighted by atomic mass is 16.7. The van der Waals surface area contributed by atoms with Gasteiger partial charge in [-0.05, 0) is 43.4 Å². The van der Waals surface area contributed by atoms with Crippen LogP contribution in [0.4, 0.5) is 0 Å². The first-order chi connectivity index (χ1) is 11.9. The van der Waals surface area contributed by atoms with Crippen LogP contribution in [0.15, 0.2) is 0 Å². The molecule has 0 bridgehead atoms. The standard InChI is InChI=1S/C21H34O4/c1-5-6-7-17(23)19(4)15(2)8-9-20(16(3)14-22)10-11-21(18(19)20)24-12-13-25-21/h15-18,22-23H,7-14H2,1-4H3/t15-,16-,17+,18+,19+,20+/m1/s1. The molecule has 0 amide bonds. The summed E-state index contributed by atoms with van der Waals surface area (Å²) in [5, 5.41) is 21.2. The molecule has 1 aliphatic heterocycles. The van der Waals surface area contributed by atoms with Gasteiger partial charge in [-0.25, -0.2) is 0 Å². The summed E-state index contributed by atoms with van der Waals surface area (Å²) < 4.78 is 12.5. The van der Waals surface area contributed by atoms with Gasteiger partial charge in [0.15, 0.2) is 5.79 Å². The molecule has 142 valence electrons. The fourth-order valence-electron chi connectivity index (χ4n) is 6.26. The number of aliphatic hydroxyl groups is 2. The zero-order chi connectivity index (χ0) is 18.3. The van der Waals surface area contributed by atoms with Crippen LogP contribution in [0.25, 0.3) is 0 Å². The number of fused-ring (bicyclic) bond motifs is 2. The Bertz CT molecular complexity index is 544. The van der Waals surface area contributed by atoms with Crippen LogP contribution < -0.4 is 0 Å². The molecule has 3 aliphatic rings. The molecular formula is C21H34O4. The summed E-state index contributed by atoms with van der Waals surface area (Å²) in [5.74, 6) is 5.99. The molecule has 0 aromatic rings. The first kappa shape index (κ1) is 19.2. The molecule has 1 spiro atoms. The van der Waals surface area contributed by atoms with Gasteiger partial charge < -0.3 is 19.7 Å². The zero-order valence-corrected chi connectivity index (χ0v) is 16.2. The van der Waals surface area contributed by atoms with Crippen molar-refractivity contribution >= 4 is 0 Å². The highest BCUT2D eigenvalue weighted by Gasteiger charge is 2.70. The summed E-state index contributed by atoms with van der Waals surface area (Å²) in [6.07, 6.45) is 3.94. The minimum Gasteiger partial charge on any atom is -0.396 e. The first-order valence-corrected chi connectivity index (χ1v) is 9.84. The Morgan fingerprint density at radius 1 is 1.20 bits per heavy atom. The van der Waals surface area contributed by atoms with Gasteiger partial charge in [0.1, 0.15) is 0 Å². The highest BCUT2D eigenvalue weighted by Crippen LogP contribution is 2.69. The fraction of sp³-hybridized carbons (Fsp3) is 0.905. The SMILES string of the molecule is CC#CC[C@H](O)[C@]1(C)[C@H](C)CC[C@@]2([C@H](C)CO)CCC3(OCCO3)[C@H]21. The first-order valence-electron chi connectivity index (χ1n) is 9.84. The van der Waals surface area contributed by atoms with E-state index in [0.717, 1.165) is 25.7 Å². The summed E-state index contributed by atoms with van der Waals surface area (Å²) in [6.45, 7) is 9.83. The zero-order valence-electron chi connectivity index (χ0n) is 16.2. The number of rotatable bonds is 4. The molecule has 1 heterocycles. The van der Waals surface area contributed by atoms with Crippen LogP contribution >= 0.6 is 0 Å². The topological polar surface area (TPSA) is 58.9 Å². The highest BCUT2D eigenvalue weighted by molar-refractivity contribution is 5.17. The molecule has 3 fully saturated rings. The second kappa shape index (κ2) is 6.85. The molecule has 6 atom stereocenters. The quantitative estimate of drug-likeness (QED) is 0.766. The van der Waals surface area contributed by atoms with Gasteiger partial charge in [-0.2, -0.15) is 0 Å². The lowest BCUT2D eigenvalue weighted by atomic mass is 9.47. The van der Waals surface area contributed by atoms with Crippen LogP contribution in [0.1, 0.15) is 59.8 Å². The van der Waals surface area contributed by atoms with Gasteiger partial charge in [0.05, 0.1) is 19.3 Å². The van der Waals surface area contributed by atoms with Crippen molar-refractivity contribution in [2.24, 2.45) is 28.6 Å². The van der Waals surface area contributed by atoms with Crippen LogP contribution in [0, 0.1) is 40.4 Å². The molecular weight excluding hydrogens is 316 g/mol. The van der Waals surface area contributed by atoms with Crippen molar-refractivity contribution in [1.29, 1.82) is 0 Å². The second-order valence-corrected chi connectivity index (χ2v) is 8.71. The molecule has 0 radical (unpaired) electrons. The number of aliphatic hydroxyl groups excluding tert-OH is 2. The lowest BCUT2D eigenvalue weighted by Gasteiger charge is -2.60. The smallest absolute Gasteiger partial charge is 0.172 e. The minimum absolute atomic E-state index is 0.0407. The van der Waals surface area contributed by atoms with Crippen molar-refractivity contribution in [2.75, 3.05) is 19.8 Å². The van der Waals surface area contributed by atoms with Crippen LogP contribution in [0.3, 0.4) is 0 Å². The summed E-state index contributed by atoms with van der Waals surface area (Å²) in [6, 6.07) is 0. The number of ether oxygens (including phenoxy) is 2. The van der Waals surface area contributed by atoms with E-state index in [0.29, 0.717) is 25.6 Å². The van der Waals surface area contributed by atoms with Gasteiger partial charge in [-0.1, -0.05) is 20.8 Å². The predicted octanol–water partition coefficient (Wildman–Crippen LogP) is 2.96. The molecule has 0 unspecified atom stereocenters. The van der Waals surface area contributed by atoms with Crippen LogP contribution in [0.2, 0.25) is 0 Å². The molecule has 2 saturated carbocycles. The van der Waals surface area contributed by atoms with Crippen molar-refractivity contribution in [3.63, 3.8) is 0 Å². The summed E-state index contributed by atoms with van der Waals surface area (Å²) in [7, 11) is 0. The van der Waals surface area contributed by atoms with Gasteiger partial charge in [0.2, 0.25) is 0 Å². The van der Waals surface area contributed by atoms with Gasteiger partial charge in [-0.3, -0.25) is 0 Å². The molecule has 2 aliphatic carbocycles. The third-order valence-corrected chi connectivity index (χ3v) is 7.90. The van der Waals surface area contributed by atoms with E-state index in [1.165, 1.54) is 0 Å². The number of hydrogen-bond acceptors (Lipinski definition) is 4. The van der Waals surface area contributed by atoms with E-state index < -0.39 is 11.9 Å². The average molecular weight is 350 g/mol. The Kier molecular flexibility index (Phi) is 5.25. The lowest BCUT2D eigenvalue weighted by molar-refractivity contribution is -0.266. The summed E-state index contributed by atoms with van der Waals surface area (Å²) in [4.78, 5) is 0. The molecule has 0 aromatic carbocycles. The maximum absolute atomic E-state index is 11.2. The van der Waals surface area contributed by atoms with Gasteiger partial charge >= 0.3 is 0 Å². The molecule has 1 saturated heterocycles. The maximum atomic E-state index is 11.2. The van der Waals surface area contributed by atoms with Crippen molar-refractivity contribution in [3.05, 3.63) is 0 Å². The molecule has 3 rings (SSSR count). The average Bonchev–Trinajstić information content (AvgIpc) is 3.22. The third-order valence-electron chi connectivity index (χ3n) is 7.90. The van der Waals surface area contributed by atoms with E-state index in [4.69, 9.17) is 9.47 Å². The lowest BCUT2D eigenvalue weighted by Crippen LogP contribution is -2.61. The molecule has 25 heavy (non-hydrogen) atoms. The van der Waals surface area contributed by atoms with E-state index in [2.05, 4.69) is 32.6 Å². The number of hydrogen-bond donors (Lipinski definition) is 2. The normalized spacial score (nSPS) is 41.8. The van der Waals surface area contributed by atoms with Crippen molar-refractivity contribution < 1.29 is 19.7 Å². The van der Waals surface area contributed by atoms with Crippen LogP contribution in [-0.4, -0.2) is 41.9 Å². The van der Waals surface area contributed by atoms with Crippen molar-refractivity contribution in [1.82, 2.24) is 0 Å². The minimum atomic E-state index is -0.604. The van der Waals surface area contributed by atoms with E-state index in [-0.39, 0.29) is 29.3 Å². The molecule has 4 nitrogen and oxygen atoms in total. The van der Waals surface area contributed by atoms with E-state index in [9.17, 15) is 10.2 Å². The molecule has 2 N–H and O–H groups in total.